The maximum absolute atomic E-state index is 4.72. The average Bonchev–Trinajstić information content (AvgIpc) is 2.57. The Hall–Kier alpha value is -2.36. The number of hydrogen-bond acceptors (Lipinski definition) is 4. The van der Waals surface area contributed by atoms with E-state index >= 15 is 0 Å². The SMILES string of the molecule is CC(=NN1CCN(c2ccccc2)CC1)c1cccnc1. The highest BCUT2D eigenvalue weighted by molar-refractivity contribution is 5.98. The number of piperazine rings is 1. The molecule has 0 amide bonds. The maximum atomic E-state index is 4.72. The van der Waals surface area contributed by atoms with Crippen molar-refractivity contribution in [1.29, 1.82) is 0 Å². The Kier molecular flexibility index (Phi) is 4.15. The van der Waals surface area contributed by atoms with Gasteiger partial charge in [0.2, 0.25) is 0 Å². The molecular weight excluding hydrogens is 260 g/mol. The molecule has 3 rings (SSSR count). The number of anilines is 1. The highest BCUT2D eigenvalue weighted by Gasteiger charge is 2.15. The second-order valence-corrected chi connectivity index (χ2v) is 5.20. The fraction of sp³-hybridized carbons (Fsp3) is 0.294. The van der Waals surface area contributed by atoms with E-state index in [9.17, 15) is 0 Å². The van der Waals surface area contributed by atoms with Crippen LogP contribution in [0.2, 0.25) is 0 Å². The van der Waals surface area contributed by atoms with Crippen LogP contribution in [0.4, 0.5) is 5.69 Å². The fourth-order valence-corrected chi connectivity index (χ4v) is 2.54. The van der Waals surface area contributed by atoms with Gasteiger partial charge in [-0.25, -0.2) is 0 Å². The second kappa shape index (κ2) is 6.39. The van der Waals surface area contributed by atoms with E-state index in [2.05, 4.69) is 45.2 Å². The van der Waals surface area contributed by atoms with Crippen molar-refractivity contribution in [2.24, 2.45) is 5.10 Å². The summed E-state index contributed by atoms with van der Waals surface area (Å²) < 4.78 is 0. The van der Waals surface area contributed by atoms with E-state index in [1.54, 1.807) is 6.20 Å². The van der Waals surface area contributed by atoms with Crippen LogP contribution in [0.5, 0.6) is 0 Å². The molecule has 0 radical (unpaired) electrons. The van der Waals surface area contributed by atoms with Crippen molar-refractivity contribution in [3.8, 4) is 0 Å². The fourth-order valence-electron chi connectivity index (χ4n) is 2.54. The standard InChI is InChI=1S/C17H20N4/c1-15(16-6-5-9-18-14-16)19-21-12-10-20(11-13-21)17-7-3-2-4-8-17/h2-9,14H,10-13H2,1H3. The lowest BCUT2D eigenvalue weighted by Gasteiger charge is -2.34. The number of benzene rings is 1. The molecule has 1 aromatic heterocycles. The van der Waals surface area contributed by atoms with Gasteiger partial charge in [0.15, 0.2) is 0 Å². The number of hydrogen-bond donors (Lipinski definition) is 0. The molecular formula is C17H20N4. The van der Waals surface area contributed by atoms with Gasteiger partial charge in [-0.1, -0.05) is 24.3 Å². The van der Waals surface area contributed by atoms with E-state index in [0.29, 0.717) is 0 Å². The van der Waals surface area contributed by atoms with Gasteiger partial charge in [0.05, 0.1) is 18.8 Å². The van der Waals surface area contributed by atoms with Gasteiger partial charge in [-0.2, -0.15) is 5.10 Å². The first-order chi connectivity index (χ1) is 10.3. The van der Waals surface area contributed by atoms with Crippen molar-refractivity contribution < 1.29 is 0 Å². The zero-order valence-corrected chi connectivity index (χ0v) is 12.3. The van der Waals surface area contributed by atoms with Crippen LogP contribution in [0.3, 0.4) is 0 Å². The summed E-state index contributed by atoms with van der Waals surface area (Å²) in [6, 6.07) is 14.6. The normalized spacial score (nSPS) is 16.1. The summed E-state index contributed by atoms with van der Waals surface area (Å²) in [5.41, 5.74) is 3.41. The first-order valence-electron chi connectivity index (χ1n) is 7.33. The molecule has 1 saturated heterocycles. The molecule has 0 atom stereocenters. The Morgan fingerprint density at radius 3 is 2.43 bits per heavy atom. The molecule has 4 nitrogen and oxygen atoms in total. The zero-order chi connectivity index (χ0) is 14.5. The lowest BCUT2D eigenvalue weighted by molar-refractivity contribution is 0.270. The van der Waals surface area contributed by atoms with Crippen LogP contribution < -0.4 is 4.90 Å². The molecule has 1 aliphatic rings. The van der Waals surface area contributed by atoms with E-state index in [1.165, 1.54) is 5.69 Å². The summed E-state index contributed by atoms with van der Waals surface area (Å²) >= 11 is 0. The van der Waals surface area contributed by atoms with E-state index in [-0.39, 0.29) is 0 Å². The highest BCUT2D eigenvalue weighted by atomic mass is 15.5. The van der Waals surface area contributed by atoms with Gasteiger partial charge in [0, 0.05) is 36.7 Å². The Labute approximate surface area is 125 Å². The number of hydrazone groups is 1. The largest absolute Gasteiger partial charge is 0.368 e. The third-order valence-electron chi connectivity index (χ3n) is 3.75. The van der Waals surface area contributed by atoms with E-state index in [4.69, 9.17) is 5.10 Å². The summed E-state index contributed by atoms with van der Waals surface area (Å²) in [4.78, 5) is 6.55. The lowest BCUT2D eigenvalue weighted by atomic mass is 10.2. The van der Waals surface area contributed by atoms with Crippen molar-refractivity contribution in [2.45, 2.75) is 6.92 Å². The molecule has 0 N–H and O–H groups in total. The monoisotopic (exact) mass is 280 g/mol. The minimum atomic E-state index is 0.951. The first-order valence-corrected chi connectivity index (χ1v) is 7.33. The van der Waals surface area contributed by atoms with Crippen LogP contribution >= 0.6 is 0 Å². The van der Waals surface area contributed by atoms with Gasteiger partial charge in [-0.15, -0.1) is 0 Å². The van der Waals surface area contributed by atoms with Gasteiger partial charge in [0.25, 0.3) is 0 Å². The smallest absolute Gasteiger partial charge is 0.0662 e. The van der Waals surface area contributed by atoms with Crippen LogP contribution in [-0.4, -0.2) is 41.9 Å². The molecule has 1 aromatic carbocycles. The molecule has 0 bridgehead atoms. The van der Waals surface area contributed by atoms with E-state index in [1.807, 2.05) is 25.3 Å². The van der Waals surface area contributed by atoms with Gasteiger partial charge < -0.3 is 4.90 Å². The zero-order valence-electron chi connectivity index (χ0n) is 12.3. The molecule has 1 fully saturated rings. The summed E-state index contributed by atoms with van der Waals surface area (Å²) in [5, 5.41) is 6.87. The third kappa shape index (κ3) is 3.40. The van der Waals surface area contributed by atoms with Gasteiger partial charge >= 0.3 is 0 Å². The Bertz CT molecular complexity index is 587. The topological polar surface area (TPSA) is 31.7 Å². The Balaban J connectivity index is 1.61. The molecule has 4 heteroatoms. The Morgan fingerprint density at radius 1 is 1.00 bits per heavy atom. The number of rotatable bonds is 3. The van der Waals surface area contributed by atoms with E-state index < -0.39 is 0 Å². The summed E-state index contributed by atoms with van der Waals surface area (Å²) in [6.07, 6.45) is 3.65. The summed E-state index contributed by atoms with van der Waals surface area (Å²) in [5.74, 6) is 0. The predicted octanol–water partition coefficient (Wildman–Crippen LogP) is 2.63. The van der Waals surface area contributed by atoms with Crippen molar-refractivity contribution in [3.05, 3.63) is 60.4 Å². The molecule has 2 heterocycles. The molecule has 1 aliphatic heterocycles. The molecule has 2 aromatic rings. The van der Waals surface area contributed by atoms with Gasteiger partial charge in [0.1, 0.15) is 0 Å². The number of para-hydroxylation sites is 1. The Morgan fingerprint density at radius 2 is 1.76 bits per heavy atom. The minimum absolute atomic E-state index is 0.951. The lowest BCUT2D eigenvalue weighted by Crippen LogP contribution is -2.44. The summed E-state index contributed by atoms with van der Waals surface area (Å²) in [7, 11) is 0. The van der Waals surface area contributed by atoms with Crippen molar-refractivity contribution in [1.82, 2.24) is 9.99 Å². The third-order valence-corrected chi connectivity index (χ3v) is 3.75. The molecule has 0 spiro atoms. The van der Waals surface area contributed by atoms with Crippen molar-refractivity contribution in [2.75, 3.05) is 31.1 Å². The number of nitrogens with zero attached hydrogens (tertiary/aromatic N) is 4. The van der Waals surface area contributed by atoms with E-state index in [0.717, 1.165) is 37.5 Å². The molecule has 0 unspecified atom stereocenters. The van der Waals surface area contributed by atoms with Gasteiger partial charge in [-0.3, -0.25) is 9.99 Å². The van der Waals surface area contributed by atoms with Crippen LogP contribution in [0.15, 0.2) is 60.0 Å². The first kappa shape index (κ1) is 13.6. The molecule has 108 valence electrons. The molecule has 0 aliphatic carbocycles. The second-order valence-electron chi connectivity index (χ2n) is 5.20. The highest BCUT2D eigenvalue weighted by Crippen LogP contribution is 2.15. The van der Waals surface area contributed by atoms with Crippen molar-refractivity contribution >= 4 is 11.4 Å². The molecule has 21 heavy (non-hydrogen) atoms. The maximum Gasteiger partial charge on any atom is 0.0662 e. The van der Waals surface area contributed by atoms with Gasteiger partial charge in [-0.05, 0) is 25.1 Å². The predicted molar refractivity (Wildman–Crippen MR) is 86.7 cm³/mol. The van der Waals surface area contributed by atoms with Crippen molar-refractivity contribution in [3.63, 3.8) is 0 Å². The van der Waals surface area contributed by atoms with Crippen LogP contribution in [0.1, 0.15) is 12.5 Å². The van der Waals surface area contributed by atoms with Crippen LogP contribution in [-0.2, 0) is 0 Å². The minimum Gasteiger partial charge on any atom is -0.368 e. The quantitative estimate of drug-likeness (QED) is 0.810. The van der Waals surface area contributed by atoms with Crippen LogP contribution in [0.25, 0.3) is 0 Å². The number of aromatic nitrogens is 1. The average molecular weight is 280 g/mol. The molecule has 0 saturated carbocycles. The number of pyridine rings is 1. The summed E-state index contributed by atoms with van der Waals surface area (Å²) in [6.45, 7) is 5.96. The van der Waals surface area contributed by atoms with Crippen LogP contribution in [0, 0.1) is 0 Å².